The number of aliphatic carboxylic acids is 1. The lowest BCUT2D eigenvalue weighted by molar-refractivity contribution is -0.144. The Kier molecular flexibility index (Phi) is 8.60. The molecule has 0 radical (unpaired) electrons. The summed E-state index contributed by atoms with van der Waals surface area (Å²) in [7, 11) is 1.98. The van der Waals surface area contributed by atoms with Crippen molar-refractivity contribution in [2.24, 2.45) is 5.41 Å². The molecule has 0 spiro atoms. The third kappa shape index (κ3) is 6.16. The second-order valence-corrected chi connectivity index (χ2v) is 12.5. The summed E-state index contributed by atoms with van der Waals surface area (Å²) in [6, 6.07) is 9.89. The zero-order valence-electron chi connectivity index (χ0n) is 24.0. The van der Waals surface area contributed by atoms with E-state index < -0.39 is 12.0 Å². The number of nitrogens with one attached hydrogen (secondary N) is 1. The molecule has 5 rings (SSSR count). The van der Waals surface area contributed by atoms with Crippen LogP contribution in [-0.4, -0.2) is 59.9 Å². The van der Waals surface area contributed by atoms with Gasteiger partial charge < -0.3 is 19.9 Å². The van der Waals surface area contributed by atoms with E-state index in [0.29, 0.717) is 13.2 Å². The van der Waals surface area contributed by atoms with E-state index in [9.17, 15) is 9.90 Å². The highest BCUT2D eigenvalue weighted by molar-refractivity contribution is 5.76. The van der Waals surface area contributed by atoms with Crippen LogP contribution in [0.5, 0.6) is 0 Å². The topological polar surface area (TPSA) is 83.9 Å². The van der Waals surface area contributed by atoms with Crippen molar-refractivity contribution in [1.29, 1.82) is 0 Å². The van der Waals surface area contributed by atoms with Crippen molar-refractivity contribution in [2.45, 2.75) is 96.4 Å². The molecule has 2 aliphatic heterocycles. The van der Waals surface area contributed by atoms with Crippen LogP contribution in [0.25, 0.3) is 0 Å². The first-order valence-electron chi connectivity index (χ1n) is 14.7. The number of nitrogens with zero attached hydrogens (tertiary/aromatic N) is 2. The number of anilines is 1. The van der Waals surface area contributed by atoms with Crippen LogP contribution in [0.2, 0.25) is 0 Å². The lowest BCUT2D eigenvalue weighted by Gasteiger charge is -2.35. The maximum absolute atomic E-state index is 12.7. The summed E-state index contributed by atoms with van der Waals surface area (Å²) < 4.78 is 12.2. The van der Waals surface area contributed by atoms with Crippen LogP contribution < -0.4 is 5.32 Å². The Labute approximate surface area is 233 Å². The molecule has 2 aromatic rings. The van der Waals surface area contributed by atoms with E-state index >= 15 is 0 Å². The Morgan fingerprint density at radius 1 is 1.26 bits per heavy atom. The van der Waals surface area contributed by atoms with Crippen LogP contribution in [0, 0.1) is 5.41 Å². The van der Waals surface area contributed by atoms with Gasteiger partial charge in [0.1, 0.15) is 11.9 Å². The van der Waals surface area contributed by atoms with Crippen molar-refractivity contribution in [3.05, 3.63) is 58.3 Å². The molecule has 7 heteroatoms. The molecule has 0 saturated heterocycles. The average molecular weight is 536 g/mol. The van der Waals surface area contributed by atoms with Crippen molar-refractivity contribution in [3.8, 4) is 0 Å². The number of fused-ring (bicyclic) bond motifs is 2. The lowest BCUT2D eigenvalue weighted by Crippen LogP contribution is -2.39. The molecule has 39 heavy (non-hydrogen) atoms. The number of likely N-dealkylation sites (N-methyl/N-ethyl adjacent to an activating group) is 1. The highest BCUT2D eigenvalue weighted by Crippen LogP contribution is 2.44. The number of aryl methyl sites for hydroxylation is 2. The van der Waals surface area contributed by atoms with Gasteiger partial charge in [-0.15, -0.1) is 0 Å². The van der Waals surface area contributed by atoms with Crippen LogP contribution >= 0.6 is 0 Å². The summed E-state index contributed by atoms with van der Waals surface area (Å²) >= 11 is 0. The van der Waals surface area contributed by atoms with Gasteiger partial charge in [-0.25, -0.2) is 4.98 Å². The first kappa shape index (κ1) is 28.1. The quantitative estimate of drug-likeness (QED) is 0.376. The number of unbranched alkanes of at least 4 members (excludes halogenated alkanes) is 1. The molecule has 0 amide bonds. The maximum Gasteiger partial charge on any atom is 0.325 e. The molecule has 0 bridgehead atoms. The molecule has 1 saturated carbocycles. The fraction of sp³-hybridized carbons (Fsp3) is 0.625. The number of rotatable bonds is 10. The molecular formula is C32H45N3O4. The van der Waals surface area contributed by atoms with Crippen molar-refractivity contribution in [3.63, 3.8) is 0 Å². The molecule has 7 nitrogen and oxygen atoms in total. The summed E-state index contributed by atoms with van der Waals surface area (Å²) in [6.45, 7) is 9.56. The number of carboxylic acids is 1. The standard InChI is InChI=1S/C32H45N3O4/c1-21-19-38-20-23-9-7-12-26(28(21)23)29(31(36)37)35(4)25-17-27(32(2,3)18-25)39-16-6-5-11-24-14-13-22-10-8-15-33-30(22)34-24/h7,9,12-14,21,25,27,29H,5-6,8,10-11,15-20H2,1-4H3,(H,33,34)(H,36,37)/t21-,25+,27+,29+/m1/s1. The van der Waals surface area contributed by atoms with Crippen molar-refractivity contribution >= 4 is 11.8 Å². The molecule has 1 aromatic carbocycles. The minimum atomic E-state index is -0.794. The number of hydrogen-bond donors (Lipinski definition) is 2. The van der Waals surface area contributed by atoms with Gasteiger partial charge in [0.15, 0.2) is 0 Å². The van der Waals surface area contributed by atoms with Crippen molar-refractivity contribution < 1.29 is 19.4 Å². The van der Waals surface area contributed by atoms with Crippen LogP contribution in [0.1, 0.15) is 92.8 Å². The van der Waals surface area contributed by atoms with E-state index in [1.165, 1.54) is 12.0 Å². The fourth-order valence-electron chi connectivity index (χ4n) is 6.90. The van der Waals surface area contributed by atoms with E-state index in [1.807, 2.05) is 19.2 Å². The van der Waals surface area contributed by atoms with Gasteiger partial charge in [0, 0.05) is 30.8 Å². The van der Waals surface area contributed by atoms with Gasteiger partial charge in [-0.3, -0.25) is 9.69 Å². The van der Waals surface area contributed by atoms with E-state index in [0.717, 1.165) is 79.9 Å². The second kappa shape index (κ2) is 11.9. The first-order valence-corrected chi connectivity index (χ1v) is 14.7. The Bertz CT molecular complexity index is 1170. The largest absolute Gasteiger partial charge is 0.480 e. The zero-order chi connectivity index (χ0) is 27.6. The van der Waals surface area contributed by atoms with Crippen molar-refractivity contribution in [2.75, 3.05) is 32.1 Å². The van der Waals surface area contributed by atoms with E-state index in [-0.39, 0.29) is 23.5 Å². The van der Waals surface area contributed by atoms with Crippen LogP contribution in [0.3, 0.4) is 0 Å². The van der Waals surface area contributed by atoms with Crippen LogP contribution in [-0.2, 0) is 33.7 Å². The van der Waals surface area contributed by atoms with E-state index in [4.69, 9.17) is 14.5 Å². The molecule has 2 N–H and O–H groups in total. The number of aromatic nitrogens is 1. The second-order valence-electron chi connectivity index (χ2n) is 12.5. The molecule has 1 aromatic heterocycles. The lowest BCUT2D eigenvalue weighted by atomic mass is 9.85. The summed E-state index contributed by atoms with van der Waals surface area (Å²) in [5.74, 6) is 0.457. The van der Waals surface area contributed by atoms with E-state index in [1.54, 1.807) is 0 Å². The molecule has 212 valence electrons. The number of carbonyl (C=O) groups is 1. The van der Waals surface area contributed by atoms with Gasteiger partial charge in [0.05, 0.1) is 19.3 Å². The number of carboxylic acid groups (broad SMARTS) is 1. The molecule has 3 aliphatic rings. The van der Waals surface area contributed by atoms with Crippen molar-refractivity contribution in [1.82, 2.24) is 9.88 Å². The predicted molar refractivity (Wildman–Crippen MR) is 153 cm³/mol. The van der Waals surface area contributed by atoms with Gasteiger partial charge in [0.25, 0.3) is 0 Å². The van der Waals surface area contributed by atoms with Crippen LogP contribution in [0.15, 0.2) is 30.3 Å². The maximum atomic E-state index is 12.7. The Balaban J connectivity index is 1.17. The molecule has 3 heterocycles. The normalized spacial score (nSPS) is 24.6. The highest BCUT2D eigenvalue weighted by Gasteiger charge is 2.45. The molecule has 1 fully saturated rings. The first-order chi connectivity index (χ1) is 18.7. The zero-order valence-corrected chi connectivity index (χ0v) is 24.0. The van der Waals surface area contributed by atoms with Gasteiger partial charge in [-0.1, -0.05) is 45.0 Å². The molecule has 1 aliphatic carbocycles. The average Bonchev–Trinajstić information content (AvgIpc) is 3.22. The summed E-state index contributed by atoms with van der Waals surface area (Å²) in [4.78, 5) is 19.6. The smallest absolute Gasteiger partial charge is 0.325 e. The summed E-state index contributed by atoms with van der Waals surface area (Å²) in [5, 5.41) is 13.8. The summed E-state index contributed by atoms with van der Waals surface area (Å²) in [5.41, 5.74) is 5.64. The minimum Gasteiger partial charge on any atom is -0.480 e. The Morgan fingerprint density at radius 2 is 2.10 bits per heavy atom. The number of pyridine rings is 1. The number of ether oxygens (including phenoxy) is 2. The summed E-state index contributed by atoms with van der Waals surface area (Å²) in [6.07, 6.45) is 7.17. The van der Waals surface area contributed by atoms with Gasteiger partial charge in [0.2, 0.25) is 0 Å². The molecule has 4 atom stereocenters. The SMILES string of the molecule is C[C@@H]1COCc2cccc([C@@H](C(=O)O)N(C)[C@H]3C[C@H](OCCCCc4ccc5c(n4)NCCC5)C(C)(C)C3)c21. The van der Waals surface area contributed by atoms with Gasteiger partial charge >= 0.3 is 5.97 Å². The number of hydrogen-bond acceptors (Lipinski definition) is 6. The van der Waals surface area contributed by atoms with E-state index in [2.05, 4.69) is 49.2 Å². The Hall–Kier alpha value is -2.48. The Morgan fingerprint density at radius 3 is 2.92 bits per heavy atom. The van der Waals surface area contributed by atoms with Crippen LogP contribution in [0.4, 0.5) is 5.82 Å². The van der Waals surface area contributed by atoms with Gasteiger partial charge in [-0.2, -0.15) is 0 Å². The third-order valence-corrected chi connectivity index (χ3v) is 9.08. The third-order valence-electron chi connectivity index (χ3n) is 9.08. The monoisotopic (exact) mass is 535 g/mol. The number of benzene rings is 1. The molecule has 0 unspecified atom stereocenters. The minimum absolute atomic E-state index is 0.00898. The predicted octanol–water partition coefficient (Wildman–Crippen LogP) is 5.73. The highest BCUT2D eigenvalue weighted by atomic mass is 16.5. The van der Waals surface area contributed by atoms with Gasteiger partial charge in [-0.05, 0) is 85.7 Å². The fourth-order valence-corrected chi connectivity index (χ4v) is 6.90. The molecular weight excluding hydrogens is 490 g/mol.